The fraction of sp³-hybridized carbons (Fsp3) is 0.296. The minimum atomic E-state index is -0.416. The Kier molecular flexibility index (Phi) is 14.4. The monoisotopic (exact) mass is 1190 g/mol. The Morgan fingerprint density at radius 1 is 0.442 bits per heavy atom. The van der Waals surface area contributed by atoms with Crippen LogP contribution in [0.25, 0.3) is 39.0 Å². The number of hydrogen-bond donors (Lipinski definition) is 0. The van der Waals surface area contributed by atoms with E-state index in [2.05, 4.69) is 300 Å². The number of aromatic nitrogens is 4. The van der Waals surface area contributed by atoms with E-state index in [0.29, 0.717) is 11.5 Å². The average Bonchev–Trinajstić information content (AvgIpc) is 3.97. The molecule has 0 unspecified atom stereocenters. The van der Waals surface area contributed by atoms with E-state index in [-0.39, 0.29) is 48.1 Å². The van der Waals surface area contributed by atoms with Crippen LogP contribution >= 0.6 is 0 Å². The van der Waals surface area contributed by atoms with Crippen LogP contribution in [0.2, 0.25) is 0 Å². The molecule has 0 fully saturated rings. The first-order valence-corrected chi connectivity index (χ1v) is 27.0. The van der Waals surface area contributed by atoms with Crippen molar-refractivity contribution in [3.05, 3.63) is 245 Å². The van der Waals surface area contributed by atoms with Gasteiger partial charge in [-0.3, -0.25) is 4.57 Å². The Morgan fingerprint density at radius 2 is 0.961 bits per heavy atom. The Morgan fingerprint density at radius 3 is 1.48 bits per heavy atom. The predicted molar refractivity (Wildman–Crippen MR) is 314 cm³/mol. The van der Waals surface area contributed by atoms with Crippen LogP contribution in [0.15, 0.2) is 176 Å². The molecule has 0 radical (unpaired) electrons. The van der Waals surface area contributed by atoms with Crippen molar-refractivity contribution in [2.24, 2.45) is 0 Å². The van der Waals surface area contributed by atoms with Gasteiger partial charge in [-0.15, -0.1) is 35.2 Å². The molecule has 10 aromatic rings. The number of pyridine rings is 1. The van der Waals surface area contributed by atoms with E-state index in [9.17, 15) is 0 Å². The minimum Gasteiger partial charge on any atom is -0.510 e. The van der Waals surface area contributed by atoms with Crippen LogP contribution in [0.5, 0.6) is 11.5 Å². The molecule has 0 amide bonds. The van der Waals surface area contributed by atoms with E-state index >= 15 is 0 Å². The molecule has 0 bridgehead atoms. The second kappa shape index (κ2) is 20.2. The summed E-state index contributed by atoms with van der Waals surface area (Å²) in [6.07, 6.45) is 5.97. The molecule has 0 saturated heterocycles. The molecule has 6 heteroatoms. The third-order valence-corrected chi connectivity index (χ3v) is 15.8. The zero-order chi connectivity index (χ0) is 54.2. The van der Waals surface area contributed by atoms with E-state index in [1.54, 1.807) is 0 Å². The zero-order valence-corrected chi connectivity index (χ0v) is 50.0. The largest absolute Gasteiger partial charge is 0.510 e. The molecular weight excluding hydrogens is 1120 g/mol. The molecule has 0 aliphatic heterocycles. The van der Waals surface area contributed by atoms with Crippen LogP contribution in [-0.4, -0.2) is 14.1 Å². The molecule has 77 heavy (non-hydrogen) atoms. The van der Waals surface area contributed by atoms with Gasteiger partial charge in [0.2, 0.25) is 0 Å². The summed E-state index contributed by atoms with van der Waals surface area (Å²) in [5.74, 6) is 2.02. The molecule has 0 spiro atoms. The van der Waals surface area contributed by atoms with E-state index in [0.717, 1.165) is 50.3 Å². The standard InChI is InChI=1S/C71H74N4O.Pt/c1-66(2,3)51-37-38-72-63(44-51)75-61-34-26-25-33-59(61)60-36-35-57(46-62(60)75)76-58-43-54(71(14,15)50-31-23-18-24-32-50)42-56(45-58)74-47-73(64(67(4,5)6)65(74)68(7,8)9)55-40-52(69(10,11)48-27-19-16-20-28-48)39-53(41-55)70(12,13)49-29-21-17-22-30-49;/h16-44H,1-15H3;/q-2;. The van der Waals surface area contributed by atoms with E-state index in [1.807, 2.05) is 12.3 Å². The van der Waals surface area contributed by atoms with Crippen molar-refractivity contribution >= 4 is 21.8 Å². The molecular formula is C71H74N4OPt-2. The van der Waals surface area contributed by atoms with Gasteiger partial charge in [-0.2, -0.15) is 12.1 Å². The smallest absolute Gasteiger partial charge is 0.267 e. The summed E-state index contributed by atoms with van der Waals surface area (Å²) in [4.78, 5) is 4.95. The van der Waals surface area contributed by atoms with Gasteiger partial charge in [0.25, 0.3) is 6.33 Å². The van der Waals surface area contributed by atoms with Crippen molar-refractivity contribution in [3.8, 4) is 28.7 Å². The number of fused-ring (bicyclic) bond motifs is 3. The van der Waals surface area contributed by atoms with E-state index in [4.69, 9.17) is 9.72 Å². The molecule has 5 nitrogen and oxygen atoms in total. The molecule has 0 atom stereocenters. The first-order chi connectivity index (χ1) is 35.8. The van der Waals surface area contributed by atoms with Crippen molar-refractivity contribution < 1.29 is 30.4 Å². The van der Waals surface area contributed by atoms with Crippen molar-refractivity contribution in [1.29, 1.82) is 0 Å². The van der Waals surface area contributed by atoms with Crippen molar-refractivity contribution in [2.75, 3.05) is 0 Å². The fourth-order valence-electron chi connectivity index (χ4n) is 11.0. The van der Waals surface area contributed by atoms with Crippen molar-refractivity contribution in [1.82, 2.24) is 14.1 Å². The predicted octanol–water partition coefficient (Wildman–Crippen LogP) is 17.3. The molecule has 7 aromatic carbocycles. The normalized spacial score (nSPS) is 12.8. The summed E-state index contributed by atoms with van der Waals surface area (Å²) >= 11 is 0. The summed E-state index contributed by atoms with van der Waals surface area (Å²) in [7, 11) is 0. The maximum absolute atomic E-state index is 7.11. The summed E-state index contributed by atoms with van der Waals surface area (Å²) in [6.45, 7) is 34.6. The fourth-order valence-corrected chi connectivity index (χ4v) is 11.0. The quantitative estimate of drug-likeness (QED) is 0.0956. The van der Waals surface area contributed by atoms with Crippen LogP contribution in [0.3, 0.4) is 0 Å². The molecule has 0 saturated carbocycles. The summed E-state index contributed by atoms with van der Waals surface area (Å²) in [6, 6.07) is 68.8. The number of rotatable bonds is 11. The number of benzene rings is 7. The molecule has 0 N–H and O–H groups in total. The molecule has 396 valence electrons. The van der Waals surface area contributed by atoms with Crippen molar-refractivity contribution in [3.63, 3.8) is 0 Å². The summed E-state index contributed by atoms with van der Waals surface area (Å²) < 4.78 is 14.0. The van der Waals surface area contributed by atoms with Gasteiger partial charge in [0.1, 0.15) is 5.82 Å². The number of ether oxygens (including phenoxy) is 1. The number of para-hydroxylation sites is 1. The van der Waals surface area contributed by atoms with Crippen LogP contribution in [-0.2, 0) is 53.6 Å². The number of hydrogen-bond acceptors (Lipinski definition) is 2. The van der Waals surface area contributed by atoms with Crippen LogP contribution in [0.1, 0.15) is 154 Å². The molecule has 0 aliphatic carbocycles. The van der Waals surface area contributed by atoms with Gasteiger partial charge < -0.3 is 13.9 Å². The Labute approximate surface area is 473 Å². The summed E-state index contributed by atoms with van der Waals surface area (Å²) in [5.41, 5.74) is 13.0. The second-order valence-electron chi connectivity index (χ2n) is 25.5. The summed E-state index contributed by atoms with van der Waals surface area (Å²) in [5, 5.41) is 2.21. The van der Waals surface area contributed by atoms with E-state index < -0.39 is 5.41 Å². The van der Waals surface area contributed by atoms with Gasteiger partial charge in [0.05, 0.1) is 17.1 Å². The number of imidazole rings is 1. The van der Waals surface area contributed by atoms with Gasteiger partial charge in [-0.1, -0.05) is 225 Å². The zero-order valence-electron chi connectivity index (χ0n) is 47.8. The Hall–Kier alpha value is -6.81. The average molecular weight is 1190 g/mol. The van der Waals surface area contributed by atoms with Gasteiger partial charge in [-0.05, 0) is 96.4 Å². The maximum Gasteiger partial charge on any atom is 0.267 e. The first kappa shape index (κ1) is 55.0. The van der Waals surface area contributed by atoms with Gasteiger partial charge >= 0.3 is 0 Å². The van der Waals surface area contributed by atoms with Gasteiger partial charge in [0.15, 0.2) is 0 Å². The Bertz CT molecular complexity index is 3680. The van der Waals surface area contributed by atoms with Gasteiger partial charge in [0, 0.05) is 55.1 Å². The maximum atomic E-state index is 7.11. The second-order valence-corrected chi connectivity index (χ2v) is 25.5. The Balaban J connectivity index is 0.00000722. The molecule has 0 aliphatic rings. The molecule has 3 heterocycles. The van der Waals surface area contributed by atoms with E-state index in [1.165, 1.54) is 39.1 Å². The minimum absolute atomic E-state index is 0. The van der Waals surface area contributed by atoms with Crippen LogP contribution < -0.4 is 9.30 Å². The third-order valence-electron chi connectivity index (χ3n) is 15.8. The van der Waals surface area contributed by atoms with Gasteiger partial charge in [-0.25, -0.2) is 4.98 Å². The van der Waals surface area contributed by atoms with Crippen LogP contribution in [0.4, 0.5) is 0 Å². The first-order valence-electron chi connectivity index (χ1n) is 27.0. The molecule has 10 rings (SSSR count). The number of nitrogens with zero attached hydrogens (tertiary/aromatic N) is 4. The topological polar surface area (TPSA) is 35.9 Å². The van der Waals surface area contributed by atoms with Crippen molar-refractivity contribution in [2.45, 2.75) is 136 Å². The molecule has 3 aromatic heterocycles. The SMILES string of the molecule is CC(C)(C)c1ccnc(-n2c3[c-]c(Oc4[c-]c(-n5[c-][n+](-c6cc(C(C)(C)c7ccccc7)cc(C(C)(C)c7ccccc7)c6)c(C(C)(C)C)c5C(C)(C)C)cc(C(C)(C)c5ccccc5)c4)ccc3c3ccccc32)c1.[Pt]. The third kappa shape index (κ3) is 10.4. The van der Waals surface area contributed by atoms with Crippen LogP contribution in [0, 0.1) is 18.5 Å².